The van der Waals surface area contributed by atoms with Gasteiger partial charge in [-0.15, -0.1) is 0 Å². The van der Waals surface area contributed by atoms with E-state index in [1.165, 1.54) is 0 Å². The fraction of sp³-hybridized carbons (Fsp3) is 0.429. The van der Waals surface area contributed by atoms with E-state index in [1.807, 2.05) is 6.92 Å². The van der Waals surface area contributed by atoms with Crippen LogP contribution in [0.2, 0.25) is 0 Å². The van der Waals surface area contributed by atoms with E-state index >= 15 is 0 Å². The lowest BCUT2D eigenvalue weighted by molar-refractivity contribution is -0.140. The molecule has 1 aromatic carbocycles. The van der Waals surface area contributed by atoms with Crippen LogP contribution in [0.5, 0.6) is 11.5 Å². The van der Waals surface area contributed by atoms with Crippen molar-refractivity contribution in [2.24, 2.45) is 0 Å². The van der Waals surface area contributed by atoms with Crippen molar-refractivity contribution in [3.63, 3.8) is 0 Å². The van der Waals surface area contributed by atoms with Crippen LogP contribution >= 0.6 is 0 Å². The molecule has 6 heteroatoms. The number of fused-ring (bicyclic) bond motifs is 1. The summed E-state index contributed by atoms with van der Waals surface area (Å²) in [5.41, 5.74) is 1.43. The lowest BCUT2D eigenvalue weighted by atomic mass is 10.2. The third-order valence-corrected chi connectivity index (χ3v) is 3.33. The van der Waals surface area contributed by atoms with Gasteiger partial charge in [0, 0.05) is 18.6 Å². The maximum absolute atomic E-state index is 11.3. The van der Waals surface area contributed by atoms with Crippen LogP contribution in [0.1, 0.15) is 25.7 Å². The van der Waals surface area contributed by atoms with E-state index in [1.54, 1.807) is 37.8 Å². The first-order chi connectivity index (χ1) is 9.53. The predicted molar refractivity (Wildman–Crippen MR) is 74.6 cm³/mol. The molecule has 0 fully saturated rings. The molecule has 1 unspecified atom stereocenters. The van der Waals surface area contributed by atoms with Crippen molar-refractivity contribution in [1.82, 2.24) is 9.55 Å². The van der Waals surface area contributed by atoms with Gasteiger partial charge in [-0.2, -0.15) is 0 Å². The number of ether oxygens (including phenoxy) is 2. The van der Waals surface area contributed by atoms with E-state index in [4.69, 9.17) is 9.47 Å². The SMILES string of the molecule is CCc1nc2cc(OC)c(OC)cc2n1C(C)C(=O)O. The summed E-state index contributed by atoms with van der Waals surface area (Å²) < 4.78 is 12.2. The van der Waals surface area contributed by atoms with Gasteiger partial charge in [-0.3, -0.25) is 0 Å². The molecule has 0 bridgehead atoms. The molecule has 20 heavy (non-hydrogen) atoms. The number of hydrogen-bond donors (Lipinski definition) is 1. The number of nitrogens with zero attached hydrogens (tertiary/aromatic N) is 2. The Morgan fingerprint density at radius 2 is 1.95 bits per heavy atom. The molecule has 0 spiro atoms. The second-order valence-corrected chi connectivity index (χ2v) is 4.46. The summed E-state index contributed by atoms with van der Waals surface area (Å²) in [6, 6.07) is 2.84. The molecular formula is C14H18N2O4. The summed E-state index contributed by atoms with van der Waals surface area (Å²) in [5, 5.41) is 9.26. The Balaban J connectivity index is 2.74. The maximum Gasteiger partial charge on any atom is 0.326 e. The molecule has 2 aromatic rings. The molecule has 0 aliphatic carbocycles. The minimum Gasteiger partial charge on any atom is -0.493 e. The number of carbonyl (C=O) groups is 1. The molecule has 0 aliphatic heterocycles. The number of aromatic nitrogens is 2. The molecule has 6 nitrogen and oxygen atoms in total. The fourth-order valence-corrected chi connectivity index (χ4v) is 2.26. The van der Waals surface area contributed by atoms with Gasteiger partial charge in [0.25, 0.3) is 0 Å². The van der Waals surface area contributed by atoms with Crippen LogP contribution in [0, 0.1) is 0 Å². The molecule has 0 saturated carbocycles. The number of methoxy groups -OCH3 is 2. The molecule has 0 saturated heterocycles. The number of benzene rings is 1. The minimum absolute atomic E-state index is 0.557. The van der Waals surface area contributed by atoms with Crippen LogP contribution in [0.4, 0.5) is 0 Å². The van der Waals surface area contributed by atoms with Crippen molar-refractivity contribution in [1.29, 1.82) is 0 Å². The first-order valence-electron chi connectivity index (χ1n) is 6.39. The Kier molecular flexibility index (Phi) is 3.83. The summed E-state index contributed by atoms with van der Waals surface area (Å²) in [6.45, 7) is 3.58. The standard InChI is InChI=1S/C14H18N2O4/c1-5-13-15-9-6-11(19-3)12(20-4)7-10(9)16(13)8(2)14(17)18/h6-8H,5H2,1-4H3,(H,17,18). The van der Waals surface area contributed by atoms with Gasteiger partial charge < -0.3 is 19.1 Å². The highest BCUT2D eigenvalue weighted by atomic mass is 16.5. The van der Waals surface area contributed by atoms with Crippen molar-refractivity contribution >= 4 is 17.0 Å². The minimum atomic E-state index is -0.895. The third-order valence-electron chi connectivity index (χ3n) is 3.33. The molecule has 1 atom stereocenters. The highest BCUT2D eigenvalue weighted by Gasteiger charge is 2.21. The fourth-order valence-electron chi connectivity index (χ4n) is 2.26. The summed E-state index contributed by atoms with van der Waals surface area (Å²) >= 11 is 0. The van der Waals surface area contributed by atoms with Crippen LogP contribution < -0.4 is 9.47 Å². The molecule has 1 heterocycles. The summed E-state index contributed by atoms with van der Waals surface area (Å²) in [5.74, 6) is 0.968. The van der Waals surface area contributed by atoms with Gasteiger partial charge in [-0.05, 0) is 6.92 Å². The van der Waals surface area contributed by atoms with E-state index in [-0.39, 0.29) is 0 Å². The molecule has 2 rings (SSSR count). The van der Waals surface area contributed by atoms with Crippen molar-refractivity contribution in [3.8, 4) is 11.5 Å². The Labute approximate surface area is 116 Å². The highest BCUT2D eigenvalue weighted by molar-refractivity contribution is 5.83. The highest BCUT2D eigenvalue weighted by Crippen LogP contribution is 2.33. The number of aliphatic carboxylic acids is 1. The number of rotatable bonds is 5. The van der Waals surface area contributed by atoms with Crippen LogP contribution in [0.3, 0.4) is 0 Å². The molecular weight excluding hydrogens is 260 g/mol. The Hall–Kier alpha value is -2.24. The number of aryl methyl sites for hydroxylation is 1. The van der Waals surface area contributed by atoms with E-state index < -0.39 is 12.0 Å². The van der Waals surface area contributed by atoms with Gasteiger partial charge in [0.1, 0.15) is 11.9 Å². The van der Waals surface area contributed by atoms with Crippen molar-refractivity contribution in [2.75, 3.05) is 14.2 Å². The monoisotopic (exact) mass is 278 g/mol. The van der Waals surface area contributed by atoms with E-state index in [0.717, 1.165) is 11.3 Å². The van der Waals surface area contributed by atoms with Gasteiger partial charge in [0.2, 0.25) is 0 Å². The number of carboxylic acid groups (broad SMARTS) is 1. The van der Waals surface area contributed by atoms with E-state index in [9.17, 15) is 9.90 Å². The van der Waals surface area contributed by atoms with Crippen LogP contribution in [0.25, 0.3) is 11.0 Å². The zero-order valence-electron chi connectivity index (χ0n) is 12.0. The second kappa shape index (κ2) is 5.40. The average molecular weight is 278 g/mol. The van der Waals surface area contributed by atoms with Gasteiger partial charge in [0.05, 0.1) is 25.3 Å². The quantitative estimate of drug-likeness (QED) is 0.908. The van der Waals surface area contributed by atoms with E-state index in [2.05, 4.69) is 4.98 Å². The van der Waals surface area contributed by atoms with Crippen LogP contribution in [0.15, 0.2) is 12.1 Å². The topological polar surface area (TPSA) is 73.6 Å². The third kappa shape index (κ3) is 2.17. The van der Waals surface area contributed by atoms with Gasteiger partial charge >= 0.3 is 5.97 Å². The van der Waals surface area contributed by atoms with Crippen LogP contribution in [-0.2, 0) is 11.2 Å². The second-order valence-electron chi connectivity index (χ2n) is 4.46. The van der Waals surface area contributed by atoms with Crippen molar-refractivity contribution in [2.45, 2.75) is 26.3 Å². The van der Waals surface area contributed by atoms with Crippen molar-refractivity contribution in [3.05, 3.63) is 18.0 Å². The molecule has 1 N–H and O–H groups in total. The van der Waals surface area contributed by atoms with Crippen LogP contribution in [-0.4, -0.2) is 34.8 Å². The Bertz CT molecular complexity index is 648. The first kappa shape index (κ1) is 14.2. The first-order valence-corrected chi connectivity index (χ1v) is 6.39. The number of hydrogen-bond acceptors (Lipinski definition) is 4. The smallest absolute Gasteiger partial charge is 0.326 e. The molecule has 0 amide bonds. The predicted octanol–water partition coefficient (Wildman–Crippen LogP) is 2.26. The average Bonchev–Trinajstić information content (AvgIpc) is 2.81. The number of carboxylic acids is 1. The van der Waals surface area contributed by atoms with E-state index in [0.29, 0.717) is 23.4 Å². The largest absolute Gasteiger partial charge is 0.493 e. The summed E-state index contributed by atoms with van der Waals surface area (Å²) in [4.78, 5) is 15.8. The lowest BCUT2D eigenvalue weighted by Crippen LogP contribution is -2.17. The molecule has 0 aliphatic rings. The molecule has 108 valence electrons. The van der Waals surface area contributed by atoms with Crippen molar-refractivity contribution < 1.29 is 19.4 Å². The Morgan fingerprint density at radius 1 is 1.35 bits per heavy atom. The summed E-state index contributed by atoms with van der Waals surface area (Å²) in [7, 11) is 3.10. The Morgan fingerprint density at radius 3 is 2.45 bits per heavy atom. The normalized spacial score (nSPS) is 12.4. The molecule has 0 radical (unpaired) electrons. The zero-order chi connectivity index (χ0) is 14.9. The van der Waals surface area contributed by atoms with Gasteiger partial charge in [0.15, 0.2) is 11.5 Å². The van der Waals surface area contributed by atoms with Gasteiger partial charge in [-0.1, -0.05) is 6.92 Å². The number of imidazole rings is 1. The summed E-state index contributed by atoms with van der Waals surface area (Å²) in [6.07, 6.45) is 0.650. The lowest BCUT2D eigenvalue weighted by Gasteiger charge is -2.13. The maximum atomic E-state index is 11.3. The van der Waals surface area contributed by atoms with Gasteiger partial charge in [-0.25, -0.2) is 9.78 Å². The zero-order valence-corrected chi connectivity index (χ0v) is 12.0. The molecule has 1 aromatic heterocycles.